The predicted octanol–water partition coefficient (Wildman–Crippen LogP) is -11.6. The van der Waals surface area contributed by atoms with Crippen molar-refractivity contribution >= 4 is 20.8 Å². The summed E-state index contributed by atoms with van der Waals surface area (Å²) in [6.45, 7) is -4.99. The molecule has 8 unspecified atom stereocenters. The molecule has 8 aliphatic heterocycles. The van der Waals surface area contributed by atoms with Crippen molar-refractivity contribution < 1.29 is 166 Å². The first-order valence-corrected chi connectivity index (χ1v) is 30.1. The fourth-order valence-electron chi connectivity index (χ4n) is 10.8. The van der Waals surface area contributed by atoms with Crippen LogP contribution in [0.2, 0.25) is 0 Å². The van der Waals surface area contributed by atoms with Crippen molar-refractivity contribution in [1.29, 1.82) is 0 Å². The molecule has 0 saturated carbocycles. The predicted molar refractivity (Wildman–Crippen MR) is 268 cm³/mol. The van der Waals surface area contributed by atoms with E-state index in [1.807, 2.05) is 0 Å². The number of ether oxygens (including phenoxy) is 16. The van der Waals surface area contributed by atoms with Crippen LogP contribution in [0, 0.1) is 0 Å². The molecule has 86 heavy (non-hydrogen) atoms. The Morgan fingerprint density at radius 3 is 0.965 bits per heavy atom. The lowest BCUT2D eigenvalue weighted by Crippen LogP contribution is -2.66. The maximum atomic E-state index is 11.7. The summed E-state index contributed by atoms with van der Waals surface area (Å²) in [4.78, 5) is 0. The highest BCUT2D eigenvalue weighted by Crippen LogP contribution is 2.35. The van der Waals surface area contributed by atoms with Gasteiger partial charge in [-0.05, 0) is 0 Å². The van der Waals surface area contributed by atoms with E-state index in [9.17, 15) is 82.1 Å². The molecule has 0 spiro atoms. The van der Waals surface area contributed by atoms with Crippen LogP contribution in [0.4, 0.5) is 0 Å². The smallest absolute Gasteiger partial charge is 0.394 e. The lowest BCUT2D eigenvalue weighted by molar-refractivity contribution is -0.350. The Bertz CT molecular complexity index is 2330. The van der Waals surface area contributed by atoms with Crippen molar-refractivity contribution in [3.63, 3.8) is 0 Å². The Kier molecular flexibility index (Phi) is 25.0. The van der Waals surface area contributed by atoms with E-state index in [-0.39, 0.29) is 25.9 Å². The van der Waals surface area contributed by atoms with Gasteiger partial charge < -0.3 is 155 Å². The van der Waals surface area contributed by atoms with Crippen molar-refractivity contribution in [1.82, 2.24) is 0 Å². The van der Waals surface area contributed by atoms with Gasteiger partial charge in [-0.25, -0.2) is 8.37 Å². The maximum Gasteiger partial charge on any atom is 0.397 e. The molecule has 39 nitrogen and oxygen atoms in total. The van der Waals surface area contributed by atoms with Gasteiger partial charge in [0.2, 0.25) is 0 Å². The first-order chi connectivity index (χ1) is 40.6. The van der Waals surface area contributed by atoms with E-state index in [2.05, 4.69) is 8.37 Å². The van der Waals surface area contributed by atoms with Gasteiger partial charge >= 0.3 is 20.8 Å². The van der Waals surface area contributed by atoms with Gasteiger partial charge in [-0.3, -0.25) is 9.11 Å². The van der Waals surface area contributed by atoms with E-state index >= 15 is 0 Å². The minimum atomic E-state index is -5.12. The summed E-state index contributed by atoms with van der Waals surface area (Å²) in [6.07, 6.45) is -40.7. The Morgan fingerprint density at radius 1 is 0.395 bits per heavy atom. The van der Waals surface area contributed by atoms with E-state index in [0.29, 0.717) is 0 Å². The molecule has 0 aliphatic carbocycles. The molecule has 0 amide bonds. The number of hydrogen-bond acceptors (Lipinski definition) is 37. The lowest BCUT2D eigenvalue weighted by atomic mass is 9.96. The third-order valence-corrected chi connectivity index (χ3v) is 16.5. The highest BCUT2D eigenvalue weighted by molar-refractivity contribution is 7.81. The molecule has 32 atom stereocenters. The SMILES string of the molecule is CO[C@H]1OC(CO)[C@@H](O[C@H]2C[C@H](O)[C@H](O[C@@H]3OC(COS(=O)(=O)O)[C@@H](O[C@H]4C[C@H](O)[C@H](O[C@@H]5OC(CO)[C@@H](O[C@H]6C[C@H](O)[C@H](O[C@H]7OC(COS(=O)(=O)O)[C@@H](O[C@H]8C[C@H](O)[C@H](O)CO8)[C@H](O)C7N)CO6)[C@H](O)C5N)CO4)[C@H](O)C3N)CO2)[C@H](O)C1N. The van der Waals surface area contributed by atoms with Crippen LogP contribution in [0.3, 0.4) is 0 Å². The minimum Gasteiger partial charge on any atom is -0.394 e. The van der Waals surface area contributed by atoms with E-state index in [4.69, 9.17) is 98.7 Å². The molecule has 0 aromatic rings. The summed E-state index contributed by atoms with van der Waals surface area (Å²) >= 11 is 0. The summed E-state index contributed by atoms with van der Waals surface area (Å²) < 4.78 is 166. The fourth-order valence-corrected chi connectivity index (χ4v) is 11.4. The van der Waals surface area contributed by atoms with Crippen LogP contribution in [-0.2, 0) is 105 Å². The molecule has 0 aromatic heterocycles. The highest BCUT2D eigenvalue weighted by atomic mass is 32.3. The number of aliphatic hydroxyl groups excluding tert-OH is 11. The number of methoxy groups -OCH3 is 1. The van der Waals surface area contributed by atoms with Gasteiger partial charge in [0.25, 0.3) is 0 Å². The number of aliphatic hydroxyl groups is 11. The zero-order valence-corrected chi connectivity index (χ0v) is 47.5. The van der Waals surface area contributed by atoms with Gasteiger partial charge in [-0.2, -0.15) is 16.8 Å². The summed E-state index contributed by atoms with van der Waals surface area (Å²) in [5.74, 6) is 0. The van der Waals surface area contributed by atoms with Crippen LogP contribution in [0.5, 0.6) is 0 Å². The molecule has 21 N–H and O–H groups in total. The molecular weight excluding hydrogens is 1220 g/mol. The molecule has 8 aliphatic rings. The normalized spacial score (nSPS) is 48.4. The molecule has 0 aromatic carbocycles. The molecule has 8 fully saturated rings. The van der Waals surface area contributed by atoms with Gasteiger partial charge in [0, 0.05) is 32.8 Å². The maximum absolute atomic E-state index is 11.7. The monoisotopic (exact) mass is 1300 g/mol. The fraction of sp³-hybridized carbons (Fsp3) is 1.00. The zero-order chi connectivity index (χ0) is 62.7. The van der Waals surface area contributed by atoms with E-state index < -0.39 is 270 Å². The van der Waals surface area contributed by atoms with E-state index in [1.54, 1.807) is 0 Å². The Morgan fingerprint density at radius 2 is 0.674 bits per heavy atom. The van der Waals surface area contributed by atoms with Crippen LogP contribution >= 0.6 is 0 Å². The lowest BCUT2D eigenvalue weighted by Gasteiger charge is -2.47. The molecule has 8 saturated heterocycles. The largest absolute Gasteiger partial charge is 0.397 e. The quantitative estimate of drug-likeness (QED) is 0.0422. The number of rotatable bonds is 23. The van der Waals surface area contributed by atoms with Gasteiger partial charge in [0.1, 0.15) is 97.7 Å². The highest BCUT2D eigenvalue weighted by Gasteiger charge is 2.54. The van der Waals surface area contributed by atoms with Crippen molar-refractivity contribution in [3.8, 4) is 0 Å². The molecule has 0 radical (unpaired) electrons. The average Bonchev–Trinajstić information content (AvgIpc) is 3.65. The minimum absolute atomic E-state index is 0.262. The van der Waals surface area contributed by atoms with Crippen LogP contribution in [0.15, 0.2) is 0 Å². The molecular formula is C45H80N4O35S2. The summed E-state index contributed by atoms with van der Waals surface area (Å²) in [5.41, 5.74) is 25.0. The summed E-state index contributed by atoms with van der Waals surface area (Å²) in [6, 6.07) is -5.47. The number of hydrogen-bond donors (Lipinski definition) is 17. The summed E-state index contributed by atoms with van der Waals surface area (Å²) in [7, 11) is -8.88. The molecule has 8 heterocycles. The second kappa shape index (κ2) is 30.5. The van der Waals surface area contributed by atoms with E-state index in [0.717, 1.165) is 0 Å². The Labute approximate surface area is 491 Å². The van der Waals surface area contributed by atoms with Crippen LogP contribution in [0.25, 0.3) is 0 Å². The second-order valence-electron chi connectivity index (χ2n) is 21.7. The van der Waals surface area contributed by atoms with Crippen molar-refractivity contribution in [2.45, 2.75) is 222 Å². The summed E-state index contributed by atoms with van der Waals surface area (Å²) in [5, 5.41) is 119. The average molecular weight is 1300 g/mol. The zero-order valence-electron chi connectivity index (χ0n) is 45.9. The third-order valence-electron chi connectivity index (χ3n) is 15.7. The van der Waals surface area contributed by atoms with Gasteiger partial charge in [-0.1, -0.05) is 0 Å². The topological polar surface area (TPSA) is 601 Å². The molecule has 0 bridgehead atoms. The van der Waals surface area contributed by atoms with E-state index in [1.165, 1.54) is 7.11 Å². The standard InChI is InChI=1S/C45H80N4O35S2/c1-67-42-30(46)34(57)38(19(6-50)74-42)81-27-3-15(53)22(10-69-27)78-45-33(49)37(60)41(25(80-45)13-73-86(64,65)66)84-29-5-17(55)21(9-71-29)76-43-31(47)35(58)39(20(7-51)75-43)82-28-4-16(54)23(11-70-28)77-44-32(48)36(59)40(24(79-44)12-72-85(61,62)63)83-26-2-14(52)18(56)8-68-26/h14-45,50-60H,2-13,46-49H2,1H3,(H,61,62,63)(H,64,65,66)/t14-,15-,16-,17-,18+,19?,20?,21+,22+,23+,24?,25?,26-,27-,28-,29-,30?,31?,32?,33?,34+,35+,36+,37+,38+,39+,40+,41+,42-,43-,44-,45+/m0/s1. The Balaban J connectivity index is 0.805. The van der Waals surface area contributed by atoms with Crippen molar-refractivity contribution in [2.75, 3.05) is 60.0 Å². The molecule has 8 rings (SSSR count). The van der Waals surface area contributed by atoms with Gasteiger partial charge in [0.05, 0.1) is 101 Å². The number of nitrogens with two attached hydrogens (primary N) is 4. The van der Waals surface area contributed by atoms with Crippen LogP contribution in [-0.4, -0.2) is 339 Å². The molecule has 502 valence electrons. The second-order valence-corrected chi connectivity index (χ2v) is 23.9. The Hall–Kier alpha value is -1.50. The van der Waals surface area contributed by atoms with Crippen LogP contribution < -0.4 is 22.9 Å². The first-order valence-electron chi connectivity index (χ1n) is 27.4. The van der Waals surface area contributed by atoms with Crippen molar-refractivity contribution in [2.24, 2.45) is 22.9 Å². The van der Waals surface area contributed by atoms with Crippen LogP contribution in [0.1, 0.15) is 25.7 Å². The van der Waals surface area contributed by atoms with Gasteiger partial charge in [0.15, 0.2) is 50.3 Å². The first kappa shape index (κ1) is 70.4. The van der Waals surface area contributed by atoms with Gasteiger partial charge in [-0.15, -0.1) is 0 Å². The third kappa shape index (κ3) is 17.6. The molecule has 41 heteroatoms. The van der Waals surface area contributed by atoms with Crippen molar-refractivity contribution in [3.05, 3.63) is 0 Å².